The standard InChI is InChI=1S/C27H26FN3Si/c1-20-10-12-22(13-11-20)25(21-8-6-5-7-9-21)18-27(32(2,3)4)31-19-26(29-30-31)23-14-16-24(28)17-15-23/h5-17,19H,1-4H3. The molecule has 0 radical (unpaired) electrons. The molecule has 0 spiro atoms. The molecule has 0 bridgehead atoms. The zero-order chi connectivity index (χ0) is 22.7. The molecule has 3 aromatic carbocycles. The maximum atomic E-state index is 13.3. The van der Waals surface area contributed by atoms with Gasteiger partial charge in [0.15, 0.2) is 0 Å². The summed E-state index contributed by atoms with van der Waals surface area (Å²) in [6.45, 7) is 8.90. The van der Waals surface area contributed by atoms with Crippen LogP contribution in [0.4, 0.5) is 4.39 Å². The lowest BCUT2D eigenvalue weighted by Crippen LogP contribution is -2.26. The van der Waals surface area contributed by atoms with E-state index in [-0.39, 0.29) is 5.82 Å². The second kappa shape index (κ2) is 8.91. The molecule has 0 unspecified atom stereocenters. The summed E-state index contributed by atoms with van der Waals surface area (Å²) in [6, 6.07) is 25.2. The van der Waals surface area contributed by atoms with Gasteiger partial charge in [-0.2, -0.15) is 0 Å². The molecular weight excluding hydrogens is 413 g/mol. The van der Waals surface area contributed by atoms with Crippen LogP contribution in [0, 0.1) is 12.7 Å². The molecule has 3 nitrogen and oxygen atoms in total. The lowest BCUT2D eigenvalue weighted by atomic mass is 9.98. The predicted molar refractivity (Wildman–Crippen MR) is 132 cm³/mol. The van der Waals surface area contributed by atoms with Gasteiger partial charge in [0.1, 0.15) is 19.6 Å². The van der Waals surface area contributed by atoms with Crippen LogP contribution in [-0.4, -0.2) is 23.1 Å². The van der Waals surface area contributed by atoms with Crippen LogP contribution in [0.2, 0.25) is 19.6 Å². The second-order valence-electron chi connectivity index (χ2n) is 8.89. The monoisotopic (exact) mass is 439 g/mol. The number of rotatable bonds is 5. The number of aromatic nitrogens is 3. The number of nitrogens with zero attached hydrogens (tertiary/aromatic N) is 3. The molecule has 4 aromatic rings. The number of halogens is 1. The highest BCUT2D eigenvalue weighted by atomic mass is 28.3. The van der Waals surface area contributed by atoms with E-state index in [2.05, 4.69) is 79.0 Å². The van der Waals surface area contributed by atoms with Crippen molar-refractivity contribution >= 4 is 19.0 Å². The largest absolute Gasteiger partial charge is 0.221 e. The number of hydrogen-bond acceptors (Lipinski definition) is 2. The summed E-state index contributed by atoms with van der Waals surface area (Å²) in [7, 11) is -1.88. The molecule has 0 aliphatic rings. The fourth-order valence-electron chi connectivity index (χ4n) is 3.47. The molecule has 4 rings (SSSR count). The highest BCUT2D eigenvalue weighted by molar-refractivity contribution is 6.92. The minimum atomic E-state index is -1.88. The molecule has 0 aliphatic heterocycles. The zero-order valence-electron chi connectivity index (χ0n) is 18.8. The molecular formula is C27H26FN3Si. The van der Waals surface area contributed by atoms with Gasteiger partial charge in [-0.15, -0.1) is 5.10 Å². The fraction of sp³-hybridized carbons (Fsp3) is 0.148. The van der Waals surface area contributed by atoms with E-state index in [0.29, 0.717) is 5.69 Å². The van der Waals surface area contributed by atoms with E-state index in [1.165, 1.54) is 17.7 Å². The van der Waals surface area contributed by atoms with E-state index in [4.69, 9.17) is 0 Å². The number of hydrogen-bond donors (Lipinski definition) is 0. The summed E-state index contributed by atoms with van der Waals surface area (Å²) >= 11 is 0. The van der Waals surface area contributed by atoms with Gasteiger partial charge in [-0.1, -0.05) is 90.7 Å². The Bertz CT molecular complexity index is 1280. The van der Waals surface area contributed by atoms with Crippen molar-refractivity contribution in [1.82, 2.24) is 15.0 Å². The Hall–Kier alpha value is -3.53. The molecule has 0 N–H and O–H groups in total. The highest BCUT2D eigenvalue weighted by Crippen LogP contribution is 2.27. The van der Waals surface area contributed by atoms with E-state index >= 15 is 0 Å². The third-order valence-electron chi connectivity index (χ3n) is 5.22. The predicted octanol–water partition coefficient (Wildman–Crippen LogP) is 6.84. The molecule has 160 valence electrons. The van der Waals surface area contributed by atoms with Gasteiger partial charge in [-0.05, 0) is 42.3 Å². The van der Waals surface area contributed by atoms with Gasteiger partial charge in [0.2, 0.25) is 0 Å². The van der Waals surface area contributed by atoms with E-state index in [0.717, 1.165) is 27.6 Å². The Morgan fingerprint density at radius 1 is 0.844 bits per heavy atom. The highest BCUT2D eigenvalue weighted by Gasteiger charge is 2.24. The van der Waals surface area contributed by atoms with Crippen molar-refractivity contribution in [2.24, 2.45) is 0 Å². The molecule has 0 atom stereocenters. The summed E-state index contributed by atoms with van der Waals surface area (Å²) in [6.07, 6.45) is 1.91. The van der Waals surface area contributed by atoms with Gasteiger partial charge in [0.05, 0.1) is 11.5 Å². The van der Waals surface area contributed by atoms with Gasteiger partial charge in [-0.25, -0.2) is 9.07 Å². The molecule has 0 amide bonds. The van der Waals surface area contributed by atoms with Crippen LogP contribution in [0.1, 0.15) is 16.7 Å². The van der Waals surface area contributed by atoms with E-state index in [9.17, 15) is 4.39 Å². The minimum absolute atomic E-state index is 0.266. The molecule has 0 saturated heterocycles. The van der Waals surface area contributed by atoms with Crippen LogP contribution in [0.5, 0.6) is 0 Å². The van der Waals surface area contributed by atoms with Gasteiger partial charge in [-0.3, -0.25) is 0 Å². The zero-order valence-corrected chi connectivity index (χ0v) is 19.8. The first-order valence-electron chi connectivity index (χ1n) is 10.6. The maximum Gasteiger partial charge on any atom is 0.123 e. The van der Waals surface area contributed by atoms with Crippen molar-refractivity contribution < 1.29 is 4.39 Å². The lowest BCUT2D eigenvalue weighted by molar-refractivity contribution is 0.628. The maximum absolute atomic E-state index is 13.3. The summed E-state index contributed by atoms with van der Waals surface area (Å²) < 4.78 is 15.2. The SMILES string of the molecule is Cc1ccc(C(=C=C(n2cc(-c3ccc(F)cc3)nn2)[Si](C)(C)C)c2ccccc2)cc1. The third kappa shape index (κ3) is 4.85. The Labute approximate surface area is 189 Å². The van der Waals surface area contributed by atoms with Crippen molar-refractivity contribution in [2.45, 2.75) is 26.6 Å². The van der Waals surface area contributed by atoms with Gasteiger partial charge >= 0.3 is 0 Å². The van der Waals surface area contributed by atoms with Crippen LogP contribution in [-0.2, 0) is 0 Å². The molecule has 1 aromatic heterocycles. The number of benzene rings is 3. The molecule has 0 aliphatic carbocycles. The average molecular weight is 440 g/mol. The average Bonchev–Trinajstić information content (AvgIpc) is 3.25. The normalized spacial score (nSPS) is 11.2. The smallest absolute Gasteiger partial charge is 0.123 e. The van der Waals surface area contributed by atoms with E-state index in [1.807, 2.05) is 29.1 Å². The molecule has 0 saturated carbocycles. The van der Waals surface area contributed by atoms with E-state index < -0.39 is 8.07 Å². The van der Waals surface area contributed by atoms with Crippen molar-refractivity contribution in [3.63, 3.8) is 0 Å². The number of aryl methyl sites for hydroxylation is 1. The Kier molecular flexibility index (Phi) is 6.04. The fourth-order valence-corrected chi connectivity index (χ4v) is 4.77. The van der Waals surface area contributed by atoms with Crippen LogP contribution < -0.4 is 0 Å². The molecule has 32 heavy (non-hydrogen) atoms. The van der Waals surface area contributed by atoms with E-state index in [1.54, 1.807) is 12.1 Å². The van der Waals surface area contributed by atoms with Gasteiger partial charge in [0.25, 0.3) is 0 Å². The molecule has 1 heterocycles. The quantitative estimate of drug-likeness (QED) is 0.252. The Morgan fingerprint density at radius 2 is 1.47 bits per heavy atom. The van der Waals surface area contributed by atoms with Crippen LogP contribution in [0.15, 0.2) is 90.8 Å². The van der Waals surface area contributed by atoms with Crippen LogP contribution in [0.3, 0.4) is 0 Å². The first-order valence-corrected chi connectivity index (χ1v) is 14.1. The summed E-state index contributed by atoms with van der Waals surface area (Å²) in [4.78, 5) is 0. The van der Waals surface area contributed by atoms with Crippen LogP contribution >= 0.6 is 0 Å². The minimum Gasteiger partial charge on any atom is -0.221 e. The topological polar surface area (TPSA) is 30.7 Å². The van der Waals surface area contributed by atoms with Gasteiger partial charge < -0.3 is 0 Å². The second-order valence-corrected chi connectivity index (χ2v) is 13.9. The summed E-state index contributed by atoms with van der Waals surface area (Å²) in [5, 5.41) is 9.81. The van der Waals surface area contributed by atoms with Crippen molar-refractivity contribution in [1.29, 1.82) is 0 Å². The van der Waals surface area contributed by atoms with Gasteiger partial charge in [0, 0.05) is 11.1 Å². The van der Waals surface area contributed by atoms with Crippen molar-refractivity contribution in [3.8, 4) is 11.3 Å². The third-order valence-corrected chi connectivity index (χ3v) is 6.99. The van der Waals surface area contributed by atoms with Crippen molar-refractivity contribution in [3.05, 3.63) is 113 Å². The molecule has 0 fully saturated rings. The van der Waals surface area contributed by atoms with Crippen LogP contribution in [0.25, 0.3) is 22.2 Å². The first kappa shape index (κ1) is 21.7. The first-order chi connectivity index (χ1) is 15.3. The summed E-state index contributed by atoms with van der Waals surface area (Å²) in [5.41, 5.74) is 9.73. The lowest BCUT2D eigenvalue weighted by Gasteiger charge is -2.19. The summed E-state index contributed by atoms with van der Waals surface area (Å²) in [5.74, 6) is -0.266. The van der Waals surface area contributed by atoms with Crippen molar-refractivity contribution in [2.75, 3.05) is 0 Å². The Morgan fingerprint density at radius 3 is 2.09 bits per heavy atom. The molecule has 5 heteroatoms. The Balaban J connectivity index is 1.93.